The molecule has 0 unspecified atom stereocenters. The third kappa shape index (κ3) is 4.04. The van der Waals surface area contributed by atoms with Gasteiger partial charge in [-0.1, -0.05) is 30.3 Å². The number of hydrogen-bond donors (Lipinski definition) is 3. The molecule has 6 rings (SSSR count). The number of anilines is 1. The average Bonchev–Trinajstić information content (AvgIpc) is 3.56. The van der Waals surface area contributed by atoms with E-state index in [1.165, 1.54) is 4.68 Å². The molecular formula is C28H23N3O6. The summed E-state index contributed by atoms with van der Waals surface area (Å²) in [6.07, 6.45) is 2.43. The number of ether oxygens (including phenoxy) is 1. The molecule has 0 fully saturated rings. The first-order valence-electron chi connectivity index (χ1n) is 11.9. The summed E-state index contributed by atoms with van der Waals surface area (Å²) >= 11 is 0. The molecule has 37 heavy (non-hydrogen) atoms. The zero-order chi connectivity index (χ0) is 25.5. The molecule has 3 N–H and O–H groups in total. The number of nitrogens with zero attached hydrogens (tertiary/aromatic N) is 1. The van der Waals surface area contributed by atoms with Crippen LogP contribution in [0.1, 0.15) is 41.6 Å². The number of aromatic amines is 1. The minimum absolute atomic E-state index is 0.0520. The van der Waals surface area contributed by atoms with Gasteiger partial charge in [0.15, 0.2) is 12.4 Å². The number of carboxylic acid groups (broad SMARTS) is 1. The zero-order valence-corrected chi connectivity index (χ0v) is 19.6. The molecule has 1 aliphatic heterocycles. The summed E-state index contributed by atoms with van der Waals surface area (Å²) in [5, 5.41) is 15.4. The van der Waals surface area contributed by atoms with Crippen LogP contribution in [0.2, 0.25) is 0 Å². The molecule has 4 aromatic rings. The van der Waals surface area contributed by atoms with Gasteiger partial charge in [-0.15, -0.1) is 0 Å². The predicted molar refractivity (Wildman–Crippen MR) is 134 cm³/mol. The van der Waals surface area contributed by atoms with E-state index in [0.717, 1.165) is 17.0 Å². The molecule has 0 spiro atoms. The summed E-state index contributed by atoms with van der Waals surface area (Å²) < 4.78 is 12.3. The van der Waals surface area contributed by atoms with Crippen molar-refractivity contribution in [2.45, 2.75) is 24.7 Å². The Kier molecular flexibility index (Phi) is 5.52. The van der Waals surface area contributed by atoms with Crippen LogP contribution < -0.4 is 15.6 Å². The molecule has 9 nitrogen and oxygen atoms in total. The van der Waals surface area contributed by atoms with Gasteiger partial charge >= 0.3 is 5.97 Å². The number of para-hydroxylation sites is 1. The Labute approximate surface area is 211 Å². The third-order valence-corrected chi connectivity index (χ3v) is 6.82. The van der Waals surface area contributed by atoms with Crippen molar-refractivity contribution in [3.8, 4) is 11.4 Å². The maximum Gasteiger partial charge on any atom is 0.341 e. The number of carboxylic acids is 1. The molecule has 2 atom stereocenters. The largest absolute Gasteiger partial charge is 0.482 e. The first-order valence-corrected chi connectivity index (χ1v) is 11.9. The van der Waals surface area contributed by atoms with Crippen LogP contribution >= 0.6 is 0 Å². The highest BCUT2D eigenvalue weighted by Crippen LogP contribution is 2.47. The number of aromatic nitrogens is 2. The third-order valence-electron chi connectivity index (χ3n) is 6.82. The number of Topliss-reactive ketones (excluding diaryl/α,β-unsaturated/α-hetero) is 1. The zero-order valence-electron chi connectivity index (χ0n) is 19.6. The lowest BCUT2D eigenvalue weighted by molar-refractivity contribution is -0.139. The predicted octanol–water partition coefficient (Wildman–Crippen LogP) is 4.18. The fraction of sp³-hybridized carbons (Fsp3) is 0.179. The topological polar surface area (TPSA) is 127 Å². The summed E-state index contributed by atoms with van der Waals surface area (Å²) in [7, 11) is 0. The Morgan fingerprint density at radius 3 is 2.51 bits per heavy atom. The summed E-state index contributed by atoms with van der Waals surface area (Å²) in [6.45, 7) is -0.460. The molecule has 0 bridgehead atoms. The molecular weight excluding hydrogens is 474 g/mol. The summed E-state index contributed by atoms with van der Waals surface area (Å²) in [5.74, 6) is -0.156. The summed E-state index contributed by atoms with van der Waals surface area (Å²) in [5.41, 5.74) is 2.93. The van der Waals surface area contributed by atoms with E-state index in [0.29, 0.717) is 34.8 Å². The maximum absolute atomic E-state index is 13.7. The van der Waals surface area contributed by atoms with E-state index in [2.05, 4.69) is 10.4 Å². The van der Waals surface area contributed by atoms with Crippen LogP contribution in [-0.2, 0) is 9.59 Å². The van der Waals surface area contributed by atoms with Crippen LogP contribution in [0, 0.1) is 0 Å². The lowest BCUT2D eigenvalue weighted by Gasteiger charge is -2.33. The number of allylic oxidation sites excluding steroid dienone is 2. The van der Waals surface area contributed by atoms with Gasteiger partial charge in [0.2, 0.25) is 0 Å². The van der Waals surface area contributed by atoms with E-state index in [4.69, 9.17) is 14.3 Å². The molecule has 2 aromatic carbocycles. The monoisotopic (exact) mass is 497 g/mol. The van der Waals surface area contributed by atoms with Crippen molar-refractivity contribution < 1.29 is 23.8 Å². The number of ketones is 1. The number of carbonyl (C=O) groups is 2. The van der Waals surface area contributed by atoms with Crippen LogP contribution in [0.25, 0.3) is 5.69 Å². The van der Waals surface area contributed by atoms with Gasteiger partial charge < -0.3 is 19.6 Å². The lowest BCUT2D eigenvalue weighted by Crippen LogP contribution is -2.31. The van der Waals surface area contributed by atoms with Crippen molar-refractivity contribution in [3.63, 3.8) is 0 Å². The highest BCUT2D eigenvalue weighted by molar-refractivity contribution is 6.01. The second kappa shape index (κ2) is 9.02. The van der Waals surface area contributed by atoms with Crippen LogP contribution in [0.4, 0.5) is 5.82 Å². The summed E-state index contributed by atoms with van der Waals surface area (Å²) in [6, 6.07) is 19.8. The number of carbonyl (C=O) groups excluding carboxylic acids is 1. The minimum atomic E-state index is -1.07. The number of fused-ring (bicyclic) bond motifs is 1. The molecule has 0 radical (unpaired) electrons. The molecule has 186 valence electrons. The number of furan rings is 1. The molecule has 0 amide bonds. The molecule has 2 aromatic heterocycles. The Balaban J connectivity index is 1.46. The smallest absolute Gasteiger partial charge is 0.341 e. The van der Waals surface area contributed by atoms with E-state index in [1.807, 2.05) is 42.5 Å². The number of nitrogens with one attached hydrogen (secondary N) is 2. The molecule has 9 heteroatoms. The van der Waals surface area contributed by atoms with Gasteiger partial charge in [0.05, 0.1) is 17.5 Å². The van der Waals surface area contributed by atoms with Crippen molar-refractivity contribution >= 4 is 17.6 Å². The number of hydrogen-bond acceptors (Lipinski definition) is 6. The Morgan fingerprint density at radius 1 is 1.03 bits per heavy atom. The van der Waals surface area contributed by atoms with E-state index in [-0.39, 0.29) is 23.7 Å². The maximum atomic E-state index is 13.7. The SMILES string of the molecule is O=C(O)COc1ccc([C@@H]2C3=C(C[C@@H](c4ccco4)CC3=O)Nc3[nH]n(-c4ccccc4)c(=O)c32)cc1. The number of aliphatic carboxylic acids is 1. The Bertz CT molecular complexity index is 1560. The summed E-state index contributed by atoms with van der Waals surface area (Å²) in [4.78, 5) is 38.2. The average molecular weight is 498 g/mol. The number of H-pyrrole nitrogens is 1. The van der Waals surface area contributed by atoms with Gasteiger partial charge in [0.25, 0.3) is 5.56 Å². The second-order valence-electron chi connectivity index (χ2n) is 9.12. The molecule has 0 saturated carbocycles. The highest BCUT2D eigenvalue weighted by atomic mass is 16.5. The Morgan fingerprint density at radius 2 is 1.81 bits per heavy atom. The van der Waals surface area contributed by atoms with Crippen molar-refractivity contribution in [3.05, 3.63) is 112 Å². The highest BCUT2D eigenvalue weighted by Gasteiger charge is 2.41. The van der Waals surface area contributed by atoms with E-state index in [9.17, 15) is 14.4 Å². The van der Waals surface area contributed by atoms with Gasteiger partial charge in [0.1, 0.15) is 17.3 Å². The van der Waals surface area contributed by atoms with E-state index in [1.54, 1.807) is 30.5 Å². The minimum Gasteiger partial charge on any atom is -0.482 e. The second-order valence-corrected chi connectivity index (χ2v) is 9.12. The van der Waals surface area contributed by atoms with Gasteiger partial charge in [0, 0.05) is 29.5 Å². The van der Waals surface area contributed by atoms with Gasteiger partial charge in [-0.05, 0) is 48.4 Å². The molecule has 0 saturated heterocycles. The fourth-order valence-corrected chi connectivity index (χ4v) is 5.21. The molecule has 2 aliphatic rings. The van der Waals surface area contributed by atoms with Crippen LogP contribution in [0.5, 0.6) is 5.75 Å². The number of benzene rings is 2. The van der Waals surface area contributed by atoms with Crippen LogP contribution in [-0.4, -0.2) is 33.2 Å². The molecule has 3 heterocycles. The first-order chi connectivity index (χ1) is 18.0. The molecule has 1 aliphatic carbocycles. The van der Waals surface area contributed by atoms with E-state index < -0.39 is 18.5 Å². The van der Waals surface area contributed by atoms with Crippen LogP contribution in [0.3, 0.4) is 0 Å². The van der Waals surface area contributed by atoms with Crippen molar-refractivity contribution in [2.75, 3.05) is 11.9 Å². The van der Waals surface area contributed by atoms with Crippen molar-refractivity contribution in [2.24, 2.45) is 0 Å². The van der Waals surface area contributed by atoms with Gasteiger partial charge in [-0.25, -0.2) is 9.48 Å². The van der Waals surface area contributed by atoms with Gasteiger partial charge in [-0.3, -0.25) is 14.7 Å². The lowest BCUT2D eigenvalue weighted by atomic mass is 9.73. The van der Waals surface area contributed by atoms with Crippen LogP contribution in [0.15, 0.2) is 93.5 Å². The normalized spacial score (nSPS) is 18.6. The van der Waals surface area contributed by atoms with Crippen molar-refractivity contribution in [1.29, 1.82) is 0 Å². The van der Waals surface area contributed by atoms with E-state index >= 15 is 0 Å². The Hall–Kier alpha value is -4.79. The first kappa shape index (κ1) is 22.7. The van der Waals surface area contributed by atoms with Gasteiger partial charge in [-0.2, -0.15) is 0 Å². The number of rotatable bonds is 6. The quantitative estimate of drug-likeness (QED) is 0.365. The van der Waals surface area contributed by atoms with Crippen molar-refractivity contribution in [1.82, 2.24) is 9.78 Å². The standard InChI is InChI=1S/C28H23N3O6/c32-21-14-17(22-7-4-12-36-22)13-20-25(21)24(16-8-10-19(11-9-16)37-15-23(33)34)26-27(29-20)30-31(28(26)35)18-5-2-1-3-6-18/h1-12,17,24,29-30H,13-15H2,(H,33,34)/t17-,24-/m1/s1. The fourth-order valence-electron chi connectivity index (χ4n) is 5.21.